The number of Topliss-reactive ketones (excluding diaryl/α,β-unsaturated/α-hetero) is 1. The van der Waals surface area contributed by atoms with Crippen LogP contribution in [0.15, 0.2) is 29.2 Å². The zero-order valence-corrected chi connectivity index (χ0v) is 12.7. The molecule has 1 unspecified atom stereocenters. The monoisotopic (exact) mass is 264 g/mol. The smallest absolute Gasteiger partial charge is 0.143 e. The van der Waals surface area contributed by atoms with E-state index in [0.717, 1.165) is 12.8 Å². The molecule has 0 aliphatic rings. The Balaban J connectivity index is 2.30. The number of benzene rings is 1. The third-order valence-electron chi connectivity index (χ3n) is 2.87. The lowest BCUT2D eigenvalue weighted by atomic mass is 9.95. The van der Waals surface area contributed by atoms with Crippen molar-refractivity contribution < 1.29 is 4.79 Å². The number of hydrogen-bond acceptors (Lipinski definition) is 2. The number of aryl methyl sites for hydroxylation is 1. The Morgan fingerprint density at radius 1 is 1.17 bits per heavy atom. The average Bonchev–Trinajstić information content (AvgIpc) is 2.27. The summed E-state index contributed by atoms with van der Waals surface area (Å²) in [5, 5.41) is 0. The normalized spacial score (nSPS) is 12.7. The maximum Gasteiger partial charge on any atom is 0.143 e. The summed E-state index contributed by atoms with van der Waals surface area (Å²) in [4.78, 5) is 13.0. The lowest BCUT2D eigenvalue weighted by Gasteiger charge is -2.12. The molecule has 1 nitrogen and oxygen atoms in total. The molecular formula is C16H24OS. The van der Waals surface area contributed by atoms with Crippen molar-refractivity contribution in [2.45, 2.75) is 45.4 Å². The predicted octanol–water partition coefficient (Wildman–Crippen LogP) is 4.73. The van der Waals surface area contributed by atoms with Crippen LogP contribution in [0.1, 0.15) is 39.2 Å². The van der Waals surface area contributed by atoms with E-state index in [1.165, 1.54) is 10.5 Å². The lowest BCUT2D eigenvalue weighted by molar-refractivity contribution is -0.117. The molecule has 18 heavy (non-hydrogen) atoms. The molecule has 0 N–H and O–H groups in total. The van der Waals surface area contributed by atoms with Crippen LogP contribution in [-0.4, -0.2) is 11.5 Å². The van der Waals surface area contributed by atoms with Crippen LogP contribution in [0.4, 0.5) is 0 Å². The molecule has 1 rings (SSSR count). The van der Waals surface area contributed by atoms with Crippen LogP contribution >= 0.6 is 11.8 Å². The van der Waals surface area contributed by atoms with Crippen LogP contribution in [0.2, 0.25) is 0 Å². The second-order valence-electron chi connectivity index (χ2n) is 5.58. The number of thioether (sulfide) groups is 1. The van der Waals surface area contributed by atoms with Crippen molar-refractivity contribution in [2.75, 3.05) is 5.75 Å². The molecule has 100 valence electrons. The van der Waals surface area contributed by atoms with Crippen molar-refractivity contribution in [1.82, 2.24) is 0 Å². The summed E-state index contributed by atoms with van der Waals surface area (Å²) in [7, 11) is 0. The highest BCUT2D eigenvalue weighted by atomic mass is 32.2. The highest BCUT2D eigenvalue weighted by Gasteiger charge is 2.11. The zero-order chi connectivity index (χ0) is 13.5. The highest BCUT2D eigenvalue weighted by Crippen LogP contribution is 2.21. The van der Waals surface area contributed by atoms with E-state index >= 15 is 0 Å². The number of rotatable bonds is 7. The summed E-state index contributed by atoms with van der Waals surface area (Å²) in [5.74, 6) is 2.16. The van der Waals surface area contributed by atoms with Gasteiger partial charge in [-0.25, -0.2) is 0 Å². The standard InChI is InChI=1S/C16H24OS/c1-12(2)9-14(4)10-15(17)11-18-16-7-5-13(3)6-8-16/h5-8,12,14H,9-11H2,1-4H3. The molecular weight excluding hydrogens is 240 g/mol. The minimum atomic E-state index is 0.369. The maximum absolute atomic E-state index is 11.9. The Labute approximate surface area is 115 Å². The first-order valence-electron chi connectivity index (χ1n) is 6.68. The molecule has 0 saturated carbocycles. The first-order valence-corrected chi connectivity index (χ1v) is 7.67. The summed E-state index contributed by atoms with van der Waals surface area (Å²) < 4.78 is 0. The third kappa shape index (κ3) is 6.25. The molecule has 2 heteroatoms. The molecule has 0 amide bonds. The SMILES string of the molecule is Cc1ccc(SCC(=O)CC(C)CC(C)C)cc1. The van der Waals surface area contributed by atoms with E-state index in [9.17, 15) is 4.79 Å². The molecule has 1 aromatic rings. The maximum atomic E-state index is 11.9. The van der Waals surface area contributed by atoms with Gasteiger partial charge >= 0.3 is 0 Å². The summed E-state index contributed by atoms with van der Waals surface area (Å²) >= 11 is 1.65. The van der Waals surface area contributed by atoms with E-state index in [1.807, 2.05) is 0 Å². The Morgan fingerprint density at radius 3 is 2.33 bits per heavy atom. The molecule has 0 heterocycles. The topological polar surface area (TPSA) is 17.1 Å². The Bertz CT molecular complexity index is 367. The van der Waals surface area contributed by atoms with E-state index in [0.29, 0.717) is 23.4 Å². The summed E-state index contributed by atoms with van der Waals surface area (Å²) in [6.07, 6.45) is 1.86. The zero-order valence-electron chi connectivity index (χ0n) is 11.9. The fourth-order valence-electron chi connectivity index (χ4n) is 2.13. The number of carbonyl (C=O) groups excluding carboxylic acids is 1. The second-order valence-corrected chi connectivity index (χ2v) is 6.63. The Hall–Kier alpha value is -0.760. The fraction of sp³-hybridized carbons (Fsp3) is 0.562. The molecule has 0 aliphatic carbocycles. The number of hydrogen-bond donors (Lipinski definition) is 0. The summed E-state index contributed by atoms with van der Waals surface area (Å²) in [5.41, 5.74) is 1.26. The van der Waals surface area contributed by atoms with Crippen LogP contribution in [0.5, 0.6) is 0 Å². The van der Waals surface area contributed by atoms with E-state index in [-0.39, 0.29) is 0 Å². The van der Waals surface area contributed by atoms with Crippen LogP contribution in [0.3, 0.4) is 0 Å². The molecule has 0 saturated heterocycles. The van der Waals surface area contributed by atoms with Gasteiger partial charge in [0.25, 0.3) is 0 Å². The van der Waals surface area contributed by atoms with Gasteiger partial charge in [-0.1, -0.05) is 38.5 Å². The van der Waals surface area contributed by atoms with Gasteiger partial charge in [0.1, 0.15) is 5.78 Å². The van der Waals surface area contributed by atoms with Gasteiger partial charge in [0.05, 0.1) is 5.75 Å². The van der Waals surface area contributed by atoms with Crippen molar-refractivity contribution >= 4 is 17.5 Å². The molecule has 0 aromatic heterocycles. The van der Waals surface area contributed by atoms with Crippen LogP contribution in [-0.2, 0) is 4.79 Å². The Morgan fingerprint density at radius 2 is 1.78 bits per heavy atom. The van der Waals surface area contributed by atoms with Gasteiger partial charge < -0.3 is 0 Å². The van der Waals surface area contributed by atoms with Crippen molar-refractivity contribution in [1.29, 1.82) is 0 Å². The first-order chi connectivity index (χ1) is 8.47. The number of ketones is 1. The largest absolute Gasteiger partial charge is 0.299 e. The average molecular weight is 264 g/mol. The summed E-state index contributed by atoms with van der Waals surface area (Å²) in [6.45, 7) is 8.67. The van der Waals surface area contributed by atoms with E-state index < -0.39 is 0 Å². The molecule has 0 fully saturated rings. The predicted molar refractivity (Wildman–Crippen MR) is 80.1 cm³/mol. The van der Waals surface area contributed by atoms with Crippen molar-refractivity contribution in [2.24, 2.45) is 11.8 Å². The quantitative estimate of drug-likeness (QED) is 0.662. The van der Waals surface area contributed by atoms with E-state index in [1.54, 1.807) is 11.8 Å². The lowest BCUT2D eigenvalue weighted by Crippen LogP contribution is -2.09. The third-order valence-corrected chi connectivity index (χ3v) is 3.94. The van der Waals surface area contributed by atoms with E-state index in [2.05, 4.69) is 52.0 Å². The van der Waals surface area contributed by atoms with Gasteiger partial charge in [-0.2, -0.15) is 0 Å². The molecule has 0 aliphatic heterocycles. The van der Waals surface area contributed by atoms with Gasteiger partial charge in [-0.15, -0.1) is 11.8 Å². The van der Waals surface area contributed by atoms with Crippen molar-refractivity contribution in [3.05, 3.63) is 29.8 Å². The minimum absolute atomic E-state index is 0.369. The molecule has 0 bridgehead atoms. The van der Waals surface area contributed by atoms with Crippen LogP contribution in [0, 0.1) is 18.8 Å². The van der Waals surface area contributed by atoms with E-state index in [4.69, 9.17) is 0 Å². The molecule has 1 atom stereocenters. The van der Waals surface area contributed by atoms with Crippen molar-refractivity contribution in [3.8, 4) is 0 Å². The van der Waals surface area contributed by atoms with Crippen LogP contribution in [0.25, 0.3) is 0 Å². The van der Waals surface area contributed by atoms with Gasteiger partial charge in [0, 0.05) is 11.3 Å². The van der Waals surface area contributed by atoms with Gasteiger partial charge in [-0.3, -0.25) is 4.79 Å². The van der Waals surface area contributed by atoms with Crippen molar-refractivity contribution in [3.63, 3.8) is 0 Å². The molecule has 0 radical (unpaired) electrons. The highest BCUT2D eigenvalue weighted by molar-refractivity contribution is 8.00. The minimum Gasteiger partial charge on any atom is -0.299 e. The van der Waals surface area contributed by atoms with Gasteiger partial charge in [-0.05, 0) is 37.3 Å². The number of carbonyl (C=O) groups is 1. The van der Waals surface area contributed by atoms with Crippen LogP contribution < -0.4 is 0 Å². The van der Waals surface area contributed by atoms with Gasteiger partial charge in [0.15, 0.2) is 0 Å². The Kier molecular flexibility index (Phi) is 6.48. The first kappa shape index (κ1) is 15.3. The van der Waals surface area contributed by atoms with Gasteiger partial charge in [0.2, 0.25) is 0 Å². The summed E-state index contributed by atoms with van der Waals surface area (Å²) in [6, 6.07) is 8.36. The fourth-order valence-corrected chi connectivity index (χ4v) is 2.91. The second kappa shape index (κ2) is 7.63. The molecule has 1 aromatic carbocycles. The molecule has 0 spiro atoms.